The molecule has 1 saturated heterocycles. The molecule has 4 heteroatoms. The molecule has 1 fully saturated rings. The number of likely N-dealkylation sites (tertiary alicyclic amines) is 1. The molecule has 0 radical (unpaired) electrons. The number of benzene rings is 1. The summed E-state index contributed by atoms with van der Waals surface area (Å²) in [6.07, 6.45) is 2.55. The zero-order chi connectivity index (χ0) is 13.5. The Hall–Kier alpha value is -1.55. The summed E-state index contributed by atoms with van der Waals surface area (Å²) in [5.74, 6) is 0.957. The second-order valence-corrected chi connectivity index (χ2v) is 4.90. The maximum atomic E-state index is 11.9. The van der Waals surface area contributed by atoms with Crippen LogP contribution in [0.5, 0.6) is 5.75 Å². The minimum Gasteiger partial charge on any atom is -0.494 e. The number of aliphatic hydroxyl groups is 1. The number of β-amino-alcohol motifs (C(OH)–C–C–N with tert-alkyl or cyclic N) is 1. The van der Waals surface area contributed by atoms with Crippen molar-refractivity contribution in [2.24, 2.45) is 0 Å². The number of amides is 1. The summed E-state index contributed by atoms with van der Waals surface area (Å²) in [6, 6.07) is 9.61. The van der Waals surface area contributed by atoms with Crippen LogP contribution in [-0.2, 0) is 4.79 Å². The molecule has 0 aliphatic carbocycles. The van der Waals surface area contributed by atoms with Crippen molar-refractivity contribution in [2.75, 3.05) is 19.7 Å². The van der Waals surface area contributed by atoms with Crippen LogP contribution in [0.2, 0.25) is 0 Å². The minimum absolute atomic E-state index is 0.121. The Bertz CT molecular complexity index is 394. The average Bonchev–Trinajstić information content (AvgIpc) is 2.44. The molecule has 0 spiro atoms. The molecule has 1 heterocycles. The third-order valence-corrected chi connectivity index (χ3v) is 3.30. The first-order chi connectivity index (χ1) is 9.25. The van der Waals surface area contributed by atoms with Gasteiger partial charge in [0.2, 0.25) is 5.91 Å². The van der Waals surface area contributed by atoms with Gasteiger partial charge < -0.3 is 14.7 Å². The molecule has 1 amide bonds. The Morgan fingerprint density at radius 1 is 1.37 bits per heavy atom. The summed E-state index contributed by atoms with van der Waals surface area (Å²) in [4.78, 5) is 13.7. The van der Waals surface area contributed by atoms with Crippen LogP contribution in [0, 0.1) is 0 Å². The fraction of sp³-hybridized carbons (Fsp3) is 0.533. The standard InChI is InChI=1S/C15H21NO3/c17-13-6-4-10-16(12-13)15(18)9-5-11-19-14-7-2-1-3-8-14/h1-3,7-8,13,17H,4-6,9-12H2/t13-/m0/s1. The van der Waals surface area contributed by atoms with Crippen LogP contribution in [0.15, 0.2) is 30.3 Å². The van der Waals surface area contributed by atoms with E-state index in [2.05, 4.69) is 0 Å². The molecule has 104 valence electrons. The first-order valence-corrected chi connectivity index (χ1v) is 6.89. The third-order valence-electron chi connectivity index (χ3n) is 3.30. The Labute approximate surface area is 114 Å². The highest BCUT2D eigenvalue weighted by Gasteiger charge is 2.21. The van der Waals surface area contributed by atoms with Crippen LogP contribution in [0.4, 0.5) is 0 Å². The topological polar surface area (TPSA) is 49.8 Å². The van der Waals surface area contributed by atoms with Crippen LogP contribution in [0.1, 0.15) is 25.7 Å². The Kier molecular flexibility index (Phi) is 5.21. The molecule has 1 aromatic carbocycles. The van der Waals surface area contributed by atoms with E-state index in [1.165, 1.54) is 0 Å². The van der Waals surface area contributed by atoms with Crippen LogP contribution in [0.25, 0.3) is 0 Å². The smallest absolute Gasteiger partial charge is 0.222 e. The molecule has 19 heavy (non-hydrogen) atoms. The molecule has 0 saturated carbocycles. The van der Waals surface area contributed by atoms with Gasteiger partial charge in [0.05, 0.1) is 12.7 Å². The van der Waals surface area contributed by atoms with Gasteiger partial charge in [0.1, 0.15) is 5.75 Å². The van der Waals surface area contributed by atoms with Crippen molar-refractivity contribution in [2.45, 2.75) is 31.8 Å². The van der Waals surface area contributed by atoms with Gasteiger partial charge in [-0.15, -0.1) is 0 Å². The highest BCUT2D eigenvalue weighted by atomic mass is 16.5. The van der Waals surface area contributed by atoms with E-state index in [9.17, 15) is 9.90 Å². The minimum atomic E-state index is -0.349. The van der Waals surface area contributed by atoms with Crippen LogP contribution in [-0.4, -0.2) is 41.7 Å². The van der Waals surface area contributed by atoms with Gasteiger partial charge in [-0.1, -0.05) is 18.2 Å². The van der Waals surface area contributed by atoms with Gasteiger partial charge in [-0.3, -0.25) is 4.79 Å². The number of para-hydroxylation sites is 1. The molecule has 0 bridgehead atoms. The van der Waals surface area contributed by atoms with Crippen molar-refractivity contribution in [1.82, 2.24) is 4.90 Å². The average molecular weight is 263 g/mol. The van der Waals surface area contributed by atoms with Crippen molar-refractivity contribution in [3.63, 3.8) is 0 Å². The van der Waals surface area contributed by atoms with Gasteiger partial charge in [0.15, 0.2) is 0 Å². The maximum absolute atomic E-state index is 11.9. The molecular formula is C15H21NO3. The summed E-state index contributed by atoms with van der Waals surface area (Å²) in [6.45, 7) is 1.81. The predicted octanol–water partition coefficient (Wildman–Crippen LogP) is 1.83. The van der Waals surface area contributed by atoms with Crippen molar-refractivity contribution in [3.05, 3.63) is 30.3 Å². The number of aliphatic hydroxyl groups excluding tert-OH is 1. The number of carbonyl (C=O) groups excluding carboxylic acids is 1. The van der Waals surface area contributed by atoms with Crippen molar-refractivity contribution >= 4 is 5.91 Å². The summed E-state index contributed by atoms with van der Waals surface area (Å²) in [5.41, 5.74) is 0. The molecule has 4 nitrogen and oxygen atoms in total. The zero-order valence-electron chi connectivity index (χ0n) is 11.1. The molecule has 2 rings (SSSR count). The highest BCUT2D eigenvalue weighted by Crippen LogP contribution is 2.12. The van der Waals surface area contributed by atoms with E-state index in [1.807, 2.05) is 30.3 Å². The molecule has 0 aromatic heterocycles. The van der Waals surface area contributed by atoms with Gasteiger partial charge in [0, 0.05) is 19.5 Å². The first kappa shape index (κ1) is 13.9. The van der Waals surface area contributed by atoms with Crippen LogP contribution < -0.4 is 4.74 Å². The van der Waals surface area contributed by atoms with Crippen LogP contribution in [0.3, 0.4) is 0 Å². The molecule has 1 atom stereocenters. The predicted molar refractivity (Wildman–Crippen MR) is 73.0 cm³/mol. The van der Waals surface area contributed by atoms with Gasteiger partial charge in [-0.2, -0.15) is 0 Å². The van der Waals surface area contributed by atoms with E-state index in [0.29, 0.717) is 26.0 Å². The lowest BCUT2D eigenvalue weighted by atomic mass is 10.1. The van der Waals surface area contributed by atoms with E-state index in [0.717, 1.165) is 25.1 Å². The lowest BCUT2D eigenvalue weighted by Crippen LogP contribution is -2.42. The molecule has 1 aliphatic heterocycles. The van der Waals surface area contributed by atoms with E-state index >= 15 is 0 Å². The fourth-order valence-electron chi connectivity index (χ4n) is 2.27. The van der Waals surface area contributed by atoms with E-state index in [4.69, 9.17) is 4.74 Å². The zero-order valence-corrected chi connectivity index (χ0v) is 11.1. The number of rotatable bonds is 5. The van der Waals surface area contributed by atoms with Crippen molar-refractivity contribution in [3.8, 4) is 5.75 Å². The second-order valence-electron chi connectivity index (χ2n) is 4.90. The highest BCUT2D eigenvalue weighted by molar-refractivity contribution is 5.76. The van der Waals surface area contributed by atoms with Gasteiger partial charge in [-0.05, 0) is 31.4 Å². The number of nitrogens with zero attached hydrogens (tertiary/aromatic N) is 1. The number of hydrogen-bond acceptors (Lipinski definition) is 3. The van der Waals surface area contributed by atoms with Crippen molar-refractivity contribution < 1.29 is 14.6 Å². The molecule has 1 aliphatic rings. The fourth-order valence-corrected chi connectivity index (χ4v) is 2.27. The number of hydrogen-bond donors (Lipinski definition) is 1. The largest absolute Gasteiger partial charge is 0.494 e. The van der Waals surface area contributed by atoms with E-state index in [1.54, 1.807) is 4.90 Å². The third kappa shape index (κ3) is 4.56. The molecular weight excluding hydrogens is 242 g/mol. The monoisotopic (exact) mass is 263 g/mol. The van der Waals surface area contributed by atoms with Crippen molar-refractivity contribution in [1.29, 1.82) is 0 Å². The van der Waals surface area contributed by atoms with E-state index < -0.39 is 0 Å². The summed E-state index contributed by atoms with van der Waals surface area (Å²) >= 11 is 0. The number of piperidine rings is 1. The normalized spacial score (nSPS) is 19.2. The SMILES string of the molecule is O=C(CCCOc1ccccc1)N1CCC[C@H](O)C1. The lowest BCUT2D eigenvalue weighted by Gasteiger charge is -2.30. The summed E-state index contributed by atoms with van der Waals surface area (Å²) in [5, 5.41) is 9.53. The lowest BCUT2D eigenvalue weighted by molar-refractivity contribution is -0.134. The number of ether oxygens (including phenoxy) is 1. The summed E-state index contributed by atoms with van der Waals surface area (Å²) < 4.78 is 5.54. The summed E-state index contributed by atoms with van der Waals surface area (Å²) in [7, 11) is 0. The van der Waals surface area contributed by atoms with Gasteiger partial charge in [0.25, 0.3) is 0 Å². The Morgan fingerprint density at radius 3 is 2.89 bits per heavy atom. The molecule has 1 N–H and O–H groups in total. The van der Waals surface area contributed by atoms with Crippen LogP contribution >= 0.6 is 0 Å². The van der Waals surface area contributed by atoms with Gasteiger partial charge >= 0.3 is 0 Å². The quantitative estimate of drug-likeness (QED) is 0.825. The Morgan fingerprint density at radius 2 is 2.16 bits per heavy atom. The molecule has 0 unspecified atom stereocenters. The van der Waals surface area contributed by atoms with Gasteiger partial charge in [-0.25, -0.2) is 0 Å². The molecule has 1 aromatic rings. The van der Waals surface area contributed by atoms with E-state index in [-0.39, 0.29) is 12.0 Å². The Balaban J connectivity index is 1.64. The number of carbonyl (C=O) groups is 1. The maximum Gasteiger partial charge on any atom is 0.222 e. The first-order valence-electron chi connectivity index (χ1n) is 6.89. The second kappa shape index (κ2) is 7.14.